The Morgan fingerprint density at radius 2 is 1.67 bits per heavy atom. The molecule has 108 valence electrons. The maximum absolute atomic E-state index is 11.9. The molecule has 0 aliphatic heterocycles. The van der Waals surface area contributed by atoms with Crippen LogP contribution in [0.4, 0.5) is 0 Å². The molecule has 3 unspecified atom stereocenters. The zero-order chi connectivity index (χ0) is 14.5. The van der Waals surface area contributed by atoms with Crippen molar-refractivity contribution in [2.45, 2.75) is 52.4 Å². The van der Waals surface area contributed by atoms with Gasteiger partial charge in [-0.1, -0.05) is 27.7 Å². The van der Waals surface area contributed by atoms with Crippen LogP contribution in [0.5, 0.6) is 0 Å². The molecule has 0 aliphatic rings. The van der Waals surface area contributed by atoms with Crippen LogP contribution >= 0.6 is 7.60 Å². The summed E-state index contributed by atoms with van der Waals surface area (Å²) in [5.41, 5.74) is 5.60. The van der Waals surface area contributed by atoms with E-state index < -0.39 is 25.5 Å². The molecule has 0 aromatic heterocycles. The van der Waals surface area contributed by atoms with Crippen molar-refractivity contribution in [1.82, 2.24) is 0 Å². The molecule has 0 aromatic rings. The van der Waals surface area contributed by atoms with Gasteiger partial charge in [0.05, 0.1) is 0 Å². The largest absolute Gasteiger partial charge is 0.479 e. The average Bonchev–Trinajstić information content (AvgIpc) is 2.14. The Bertz CT molecular complexity index is 319. The van der Waals surface area contributed by atoms with Crippen LogP contribution in [-0.4, -0.2) is 27.9 Å². The Morgan fingerprint density at radius 1 is 1.22 bits per heavy atom. The van der Waals surface area contributed by atoms with E-state index in [0.717, 1.165) is 0 Å². The van der Waals surface area contributed by atoms with Gasteiger partial charge in [0.2, 0.25) is 0 Å². The zero-order valence-corrected chi connectivity index (χ0v) is 12.3. The van der Waals surface area contributed by atoms with Gasteiger partial charge in [0.25, 0.3) is 0 Å². The smallest absolute Gasteiger partial charge is 0.345 e. The van der Waals surface area contributed by atoms with Crippen LogP contribution in [-0.2, 0) is 13.9 Å². The van der Waals surface area contributed by atoms with Gasteiger partial charge in [0.1, 0.15) is 5.78 Å². The molecule has 0 aliphatic carbocycles. The van der Waals surface area contributed by atoms with E-state index in [-0.39, 0.29) is 18.3 Å². The fraction of sp³-hybridized carbons (Fsp3) is 0.909. The molecule has 0 spiro atoms. The lowest BCUT2D eigenvalue weighted by molar-refractivity contribution is -0.146. The van der Waals surface area contributed by atoms with Gasteiger partial charge >= 0.3 is 13.6 Å². The van der Waals surface area contributed by atoms with Crippen LogP contribution in [0.3, 0.4) is 0 Å². The van der Waals surface area contributed by atoms with Crippen molar-refractivity contribution in [3.63, 3.8) is 0 Å². The van der Waals surface area contributed by atoms with Gasteiger partial charge in [-0.3, -0.25) is 9.09 Å². The van der Waals surface area contributed by atoms with Crippen LogP contribution in [0, 0.1) is 11.8 Å². The minimum absolute atomic E-state index is 0.0485. The van der Waals surface area contributed by atoms with Crippen LogP contribution in [0.1, 0.15) is 40.5 Å². The molecule has 0 heterocycles. The Balaban J connectivity index is 4.69. The van der Waals surface area contributed by atoms with E-state index in [4.69, 9.17) is 15.4 Å². The monoisotopic (exact) mass is 281 g/mol. The second kappa shape index (κ2) is 7.24. The summed E-state index contributed by atoms with van der Waals surface area (Å²) < 4.78 is 16.8. The number of rotatable bonds is 8. The summed E-state index contributed by atoms with van der Waals surface area (Å²) in [7, 11) is -4.11. The quantitative estimate of drug-likeness (QED) is 0.587. The summed E-state index contributed by atoms with van der Waals surface area (Å²) >= 11 is 0. The number of carboxylic acids is 1. The first-order valence-corrected chi connectivity index (χ1v) is 7.70. The third-order valence-electron chi connectivity index (χ3n) is 2.37. The predicted molar refractivity (Wildman–Crippen MR) is 69.2 cm³/mol. The van der Waals surface area contributed by atoms with Crippen molar-refractivity contribution < 1.29 is 23.9 Å². The summed E-state index contributed by atoms with van der Waals surface area (Å²) in [6, 6.07) is 0. The Kier molecular flexibility index (Phi) is 7.07. The van der Waals surface area contributed by atoms with Gasteiger partial charge in [-0.15, -0.1) is 0 Å². The van der Waals surface area contributed by atoms with Crippen LogP contribution in [0.2, 0.25) is 0 Å². The highest BCUT2D eigenvalue weighted by molar-refractivity contribution is 7.53. The first kappa shape index (κ1) is 17.6. The number of hydrogen-bond donors (Lipinski definition) is 3. The predicted octanol–water partition coefficient (Wildman–Crippen LogP) is 2.02. The molecule has 0 aromatic carbocycles. The second-order valence-corrected chi connectivity index (χ2v) is 7.33. The van der Waals surface area contributed by atoms with Crippen molar-refractivity contribution in [2.24, 2.45) is 17.6 Å². The molecule has 0 saturated carbocycles. The Hall–Kier alpha value is -0.420. The first-order valence-electron chi connectivity index (χ1n) is 6.05. The van der Waals surface area contributed by atoms with E-state index in [1.807, 2.05) is 27.7 Å². The topological polar surface area (TPSA) is 110 Å². The van der Waals surface area contributed by atoms with Gasteiger partial charge in [0, 0.05) is 0 Å². The van der Waals surface area contributed by atoms with Gasteiger partial charge in [-0.2, -0.15) is 0 Å². The van der Waals surface area contributed by atoms with Crippen molar-refractivity contribution >= 4 is 13.6 Å². The molecule has 0 rings (SSSR count). The van der Waals surface area contributed by atoms with E-state index in [2.05, 4.69) is 0 Å². The number of carbonyl (C=O) groups is 1. The molecule has 6 nitrogen and oxygen atoms in total. The highest BCUT2D eigenvalue weighted by atomic mass is 31.2. The lowest BCUT2D eigenvalue weighted by atomic mass is 10.1. The standard InChI is InChI=1S/C11H24NO5P/c1-7(2)5-9(11(13)14)17-18(15,16)10(12)6-8(3)4/h7-10H,5-6,12H2,1-4H3,(H,13,14)(H,15,16). The summed E-state index contributed by atoms with van der Waals surface area (Å²) in [6.07, 6.45) is -0.810. The van der Waals surface area contributed by atoms with E-state index in [1.165, 1.54) is 0 Å². The highest BCUT2D eigenvalue weighted by Crippen LogP contribution is 2.49. The average molecular weight is 281 g/mol. The highest BCUT2D eigenvalue weighted by Gasteiger charge is 2.35. The Labute approximate surface area is 108 Å². The van der Waals surface area contributed by atoms with Crippen molar-refractivity contribution in [1.29, 1.82) is 0 Å². The molecule has 0 saturated heterocycles. The van der Waals surface area contributed by atoms with Crippen molar-refractivity contribution in [3.05, 3.63) is 0 Å². The summed E-state index contributed by atoms with van der Waals surface area (Å²) in [5, 5.41) is 8.95. The van der Waals surface area contributed by atoms with Crippen LogP contribution < -0.4 is 5.73 Å². The van der Waals surface area contributed by atoms with Crippen LogP contribution in [0.25, 0.3) is 0 Å². The molecule has 18 heavy (non-hydrogen) atoms. The normalized spacial score (nSPS) is 18.7. The molecule has 3 atom stereocenters. The van der Waals surface area contributed by atoms with Crippen molar-refractivity contribution in [3.8, 4) is 0 Å². The number of carboxylic acid groups (broad SMARTS) is 1. The third kappa shape index (κ3) is 6.50. The molecule has 4 N–H and O–H groups in total. The lowest BCUT2D eigenvalue weighted by Gasteiger charge is -2.24. The van der Waals surface area contributed by atoms with Crippen LogP contribution in [0.15, 0.2) is 0 Å². The summed E-state index contributed by atoms with van der Waals surface area (Å²) in [6.45, 7) is 7.36. The van der Waals surface area contributed by atoms with Gasteiger partial charge < -0.3 is 15.7 Å². The van der Waals surface area contributed by atoms with Gasteiger partial charge in [-0.25, -0.2) is 4.79 Å². The first-order chi connectivity index (χ1) is 8.06. The summed E-state index contributed by atoms with van der Waals surface area (Å²) in [5.74, 6) is -2.11. The Morgan fingerprint density at radius 3 is 2.00 bits per heavy atom. The third-order valence-corrected chi connectivity index (χ3v) is 3.98. The molecular formula is C11H24NO5P. The fourth-order valence-electron chi connectivity index (χ4n) is 1.49. The van der Waals surface area contributed by atoms with E-state index in [9.17, 15) is 14.3 Å². The molecule has 0 amide bonds. The minimum atomic E-state index is -4.11. The number of hydrogen-bond acceptors (Lipinski definition) is 4. The fourth-order valence-corrected chi connectivity index (χ4v) is 2.88. The van der Waals surface area contributed by atoms with E-state index in [1.54, 1.807) is 0 Å². The number of nitrogens with two attached hydrogens (primary N) is 1. The zero-order valence-electron chi connectivity index (χ0n) is 11.4. The lowest BCUT2D eigenvalue weighted by Crippen LogP contribution is -2.30. The minimum Gasteiger partial charge on any atom is -0.479 e. The summed E-state index contributed by atoms with van der Waals surface area (Å²) in [4.78, 5) is 20.7. The van der Waals surface area contributed by atoms with E-state index >= 15 is 0 Å². The molecule has 7 heteroatoms. The maximum atomic E-state index is 11.9. The SMILES string of the molecule is CC(C)CC(OP(=O)(O)C(N)CC(C)C)C(=O)O. The maximum Gasteiger partial charge on any atom is 0.345 e. The molecule has 0 fully saturated rings. The molecular weight excluding hydrogens is 257 g/mol. The van der Waals surface area contributed by atoms with E-state index in [0.29, 0.717) is 6.42 Å². The second-order valence-electron chi connectivity index (χ2n) is 5.32. The van der Waals surface area contributed by atoms with Gasteiger partial charge in [0.15, 0.2) is 6.10 Å². The van der Waals surface area contributed by atoms with Gasteiger partial charge in [-0.05, 0) is 24.7 Å². The molecule has 0 radical (unpaired) electrons. The number of aliphatic carboxylic acids is 1. The van der Waals surface area contributed by atoms with Crippen molar-refractivity contribution in [2.75, 3.05) is 0 Å². The molecule has 0 bridgehead atoms.